The molecule has 0 saturated heterocycles. The number of nitrogens with two attached hydrogens (primary N) is 1. The number of ether oxygens (including phenoxy) is 2. The zero-order valence-electron chi connectivity index (χ0n) is 25.3. The minimum absolute atomic E-state index is 0.202. The molecule has 0 radical (unpaired) electrons. The second-order valence-electron chi connectivity index (χ2n) is 11.0. The molecule has 40 heavy (non-hydrogen) atoms. The van der Waals surface area contributed by atoms with Gasteiger partial charge in [0.05, 0.1) is 12.2 Å². The van der Waals surface area contributed by atoms with Gasteiger partial charge in [0.2, 0.25) is 0 Å². The van der Waals surface area contributed by atoms with Gasteiger partial charge in [-0.2, -0.15) is 0 Å². The third-order valence-corrected chi connectivity index (χ3v) is 6.57. The molecule has 0 unspecified atom stereocenters. The van der Waals surface area contributed by atoms with Crippen LogP contribution in [0.2, 0.25) is 0 Å². The van der Waals surface area contributed by atoms with Crippen LogP contribution in [0, 0.1) is 0 Å². The van der Waals surface area contributed by atoms with Crippen LogP contribution in [0.5, 0.6) is 0 Å². The fourth-order valence-electron chi connectivity index (χ4n) is 4.69. The summed E-state index contributed by atoms with van der Waals surface area (Å²) in [5.41, 5.74) is 7.13. The van der Waals surface area contributed by atoms with Gasteiger partial charge in [0.15, 0.2) is 5.78 Å². The number of nitrogen functional groups attached to an aromatic ring is 1. The molecule has 8 nitrogen and oxygen atoms in total. The van der Waals surface area contributed by atoms with Crippen molar-refractivity contribution in [3.05, 3.63) is 29.8 Å². The Balaban J connectivity index is 0.00000483. The first-order chi connectivity index (χ1) is 19.1. The molecule has 1 rings (SSSR count). The van der Waals surface area contributed by atoms with E-state index in [9.17, 15) is 14.7 Å². The third kappa shape index (κ3) is 19.6. The number of carboxylic acid groups (broad SMARTS) is 1. The van der Waals surface area contributed by atoms with Crippen molar-refractivity contribution in [1.29, 1.82) is 0 Å². The number of hydrogen-bond acceptors (Lipinski definition) is 6. The molecule has 9 heteroatoms. The van der Waals surface area contributed by atoms with Crippen LogP contribution in [0.1, 0.15) is 141 Å². The average molecular weight is 601 g/mol. The summed E-state index contributed by atoms with van der Waals surface area (Å²) >= 11 is -1.75. The number of carbonyl (C=O) groups excluding carboxylic acids is 1. The standard InChI is InChI=1S/C31H53NO5.H2O.O.Ti/c1-25(2)36-31(30(34)35,37-26(3)4)24-18-16-14-12-10-8-6-5-7-9-11-13-15-17-19-29(33)27-20-22-28(32)23-21-27;;;/h20-23,25-26H,5-19,24,32H2,1-4H3,(H,34,35);1H2;;/q;;;+1/p-1. The summed E-state index contributed by atoms with van der Waals surface area (Å²) < 4.78 is 27.2. The molecule has 1 aromatic rings. The summed E-state index contributed by atoms with van der Waals surface area (Å²) in [5.74, 6) is -2.34. The van der Waals surface area contributed by atoms with Crippen molar-refractivity contribution in [3.63, 3.8) is 0 Å². The van der Waals surface area contributed by atoms with Crippen LogP contribution >= 0.6 is 0 Å². The molecule has 4 N–H and O–H groups in total. The molecule has 0 amide bonds. The van der Waals surface area contributed by atoms with Gasteiger partial charge in [-0.1, -0.05) is 77.0 Å². The number of Topliss-reactive ketones (excluding diaryl/α,β-unsaturated/α-hetero) is 1. The number of aliphatic carboxylic acids is 1. The van der Waals surface area contributed by atoms with Crippen LogP contribution in [-0.2, 0) is 37.1 Å². The van der Waals surface area contributed by atoms with Gasteiger partial charge in [-0.25, -0.2) is 4.79 Å². The molecule has 0 fully saturated rings. The van der Waals surface area contributed by atoms with Gasteiger partial charge >= 0.3 is 32.5 Å². The topological polar surface area (TPSA) is 136 Å². The van der Waals surface area contributed by atoms with E-state index >= 15 is 0 Å². The van der Waals surface area contributed by atoms with Gasteiger partial charge in [0, 0.05) is 24.1 Å². The summed E-state index contributed by atoms with van der Waals surface area (Å²) in [6.45, 7) is 7.37. The van der Waals surface area contributed by atoms with E-state index in [0.717, 1.165) is 37.7 Å². The van der Waals surface area contributed by atoms with E-state index in [0.29, 0.717) is 18.5 Å². The molecule has 0 atom stereocenters. The summed E-state index contributed by atoms with van der Waals surface area (Å²) in [6, 6.07) is 7.21. The van der Waals surface area contributed by atoms with Crippen molar-refractivity contribution in [3.8, 4) is 0 Å². The molecular formula is C31H54NO7Ti. The minimum atomic E-state index is -1.75. The second kappa shape index (κ2) is 24.2. The third-order valence-electron chi connectivity index (χ3n) is 6.57. The van der Waals surface area contributed by atoms with Crippen LogP contribution in [0.3, 0.4) is 0 Å². The number of ketones is 1. The van der Waals surface area contributed by atoms with Crippen molar-refractivity contribution >= 4 is 17.4 Å². The Hall–Kier alpha value is -1.45. The molecule has 0 saturated carbocycles. The Kier molecular flexibility index (Phi) is 23.3. The van der Waals surface area contributed by atoms with Crippen molar-refractivity contribution in [2.45, 2.75) is 148 Å². The monoisotopic (exact) mass is 600 g/mol. The first kappa shape index (κ1) is 38.6. The number of carboxylic acids is 1. The fourth-order valence-corrected chi connectivity index (χ4v) is 4.69. The van der Waals surface area contributed by atoms with Crippen molar-refractivity contribution in [2.75, 3.05) is 5.73 Å². The van der Waals surface area contributed by atoms with Crippen LogP contribution in [0.25, 0.3) is 0 Å². The van der Waals surface area contributed by atoms with Gasteiger partial charge in [-0.05, 0) is 64.8 Å². The van der Waals surface area contributed by atoms with Gasteiger partial charge in [-0.3, -0.25) is 4.79 Å². The van der Waals surface area contributed by atoms with Gasteiger partial charge in [0.1, 0.15) is 0 Å². The molecule has 0 aromatic heterocycles. The van der Waals surface area contributed by atoms with Gasteiger partial charge in [0.25, 0.3) is 5.79 Å². The first-order valence-corrected chi connectivity index (χ1v) is 16.4. The zero-order chi connectivity index (χ0) is 30.2. The number of rotatable bonds is 23. The van der Waals surface area contributed by atoms with Gasteiger partial charge < -0.3 is 20.3 Å². The van der Waals surface area contributed by atoms with Crippen molar-refractivity contribution in [1.82, 2.24) is 0 Å². The fraction of sp³-hybridized carbons (Fsp3) is 0.742. The van der Waals surface area contributed by atoms with E-state index in [4.69, 9.17) is 22.2 Å². The molecular weight excluding hydrogens is 546 g/mol. The van der Waals surface area contributed by atoms with E-state index in [1.807, 2.05) is 39.8 Å². The van der Waals surface area contributed by atoms with Crippen molar-refractivity contribution in [2.24, 2.45) is 0 Å². The van der Waals surface area contributed by atoms with E-state index in [-0.39, 0.29) is 18.0 Å². The molecule has 0 heterocycles. The zero-order valence-corrected chi connectivity index (χ0v) is 26.9. The summed E-state index contributed by atoms with van der Waals surface area (Å²) in [6.07, 6.45) is 17.0. The summed E-state index contributed by atoms with van der Waals surface area (Å²) in [4.78, 5) is 24.0. The molecule has 0 aliphatic rings. The number of unbranched alkanes of at least 4 members (excludes halogenated alkanes) is 13. The second-order valence-corrected chi connectivity index (χ2v) is 11.3. The summed E-state index contributed by atoms with van der Waals surface area (Å²) in [5, 5.41) is 9.74. The van der Waals surface area contributed by atoms with E-state index < -0.39 is 31.3 Å². The van der Waals surface area contributed by atoms with E-state index in [1.54, 1.807) is 12.1 Å². The van der Waals surface area contributed by atoms with Crippen LogP contribution in [0.4, 0.5) is 5.69 Å². The van der Waals surface area contributed by atoms with Crippen LogP contribution in [0.15, 0.2) is 24.3 Å². The Labute approximate surface area is 251 Å². The Morgan fingerprint density at radius 2 is 1.10 bits per heavy atom. The first-order valence-electron chi connectivity index (χ1n) is 15.1. The SMILES string of the molecule is CC(C)OC(CCCCCCCCCCCCCCCCC(=O)c1ccc(N)cc1)(OC(C)C)C(=O)O.[O]=[Ti][OH]. The Morgan fingerprint density at radius 3 is 1.45 bits per heavy atom. The van der Waals surface area contributed by atoms with E-state index in [2.05, 4.69) is 0 Å². The molecule has 0 aliphatic carbocycles. The maximum atomic E-state index is 12.2. The normalized spacial score (nSPS) is 11.3. The van der Waals surface area contributed by atoms with Crippen LogP contribution in [-0.4, -0.2) is 38.5 Å². The Morgan fingerprint density at radius 1 is 0.750 bits per heavy atom. The molecule has 0 bridgehead atoms. The predicted octanol–water partition coefficient (Wildman–Crippen LogP) is 7.65. The summed E-state index contributed by atoms with van der Waals surface area (Å²) in [7, 11) is 0. The molecule has 1 aromatic carbocycles. The number of hydrogen-bond donors (Lipinski definition) is 3. The van der Waals surface area contributed by atoms with E-state index in [1.165, 1.54) is 57.8 Å². The molecule has 229 valence electrons. The number of anilines is 1. The molecule has 0 aliphatic heterocycles. The van der Waals surface area contributed by atoms with Gasteiger partial charge in [-0.15, -0.1) is 0 Å². The van der Waals surface area contributed by atoms with Crippen LogP contribution < -0.4 is 5.73 Å². The maximum absolute atomic E-state index is 12.2. The number of carbonyl (C=O) groups is 2. The quantitative estimate of drug-likeness (QED) is 0.0383. The number of benzene rings is 1. The average Bonchev–Trinajstić information content (AvgIpc) is 2.88. The predicted molar refractivity (Wildman–Crippen MR) is 155 cm³/mol. The van der Waals surface area contributed by atoms with Crippen molar-refractivity contribution < 1.29 is 50.7 Å². The molecule has 0 spiro atoms. The Bertz CT molecular complexity index is 789.